The van der Waals surface area contributed by atoms with Crippen molar-refractivity contribution in [2.75, 3.05) is 23.7 Å². The Hall–Kier alpha value is -2.11. The Morgan fingerprint density at radius 1 is 1.18 bits per heavy atom. The van der Waals surface area contributed by atoms with E-state index in [2.05, 4.69) is 20.0 Å². The Morgan fingerprint density at radius 2 is 2.00 bits per heavy atom. The van der Waals surface area contributed by atoms with Gasteiger partial charge in [-0.05, 0) is 30.1 Å². The standard InChI is InChI=1S/C11H13N5O/c12-9-5-3-4-8(13-9)10-14-11(15-17-10)16-6-1-2-7-16/h3-5H,1-2,6-7H2,(H2,12,13). The fourth-order valence-electron chi connectivity index (χ4n) is 1.94. The smallest absolute Gasteiger partial charge is 0.278 e. The second-order valence-electron chi connectivity index (χ2n) is 4.04. The molecule has 2 N–H and O–H groups in total. The van der Waals surface area contributed by atoms with Crippen LogP contribution in [0.3, 0.4) is 0 Å². The molecule has 1 saturated heterocycles. The van der Waals surface area contributed by atoms with Gasteiger partial charge in [0.05, 0.1) is 0 Å². The third kappa shape index (κ3) is 1.93. The summed E-state index contributed by atoms with van der Waals surface area (Å²) in [6.07, 6.45) is 2.36. The van der Waals surface area contributed by atoms with Crippen molar-refractivity contribution in [1.29, 1.82) is 0 Å². The first-order valence-electron chi connectivity index (χ1n) is 5.64. The SMILES string of the molecule is Nc1cccc(-c2nc(N3CCCC3)no2)n1. The van der Waals surface area contributed by atoms with Crippen LogP contribution in [0.25, 0.3) is 11.6 Å². The molecule has 3 rings (SSSR count). The van der Waals surface area contributed by atoms with E-state index in [-0.39, 0.29) is 0 Å². The number of pyridine rings is 1. The molecule has 2 aromatic rings. The molecule has 1 aliphatic heterocycles. The first-order chi connectivity index (χ1) is 8.33. The Morgan fingerprint density at radius 3 is 2.76 bits per heavy atom. The summed E-state index contributed by atoms with van der Waals surface area (Å²) in [5.74, 6) is 1.50. The molecule has 1 aliphatic rings. The first-order valence-corrected chi connectivity index (χ1v) is 5.64. The molecular formula is C11H13N5O. The Labute approximate surface area is 98.4 Å². The first kappa shape index (κ1) is 10.1. The highest BCUT2D eigenvalue weighted by atomic mass is 16.5. The van der Waals surface area contributed by atoms with Crippen molar-refractivity contribution >= 4 is 11.8 Å². The highest BCUT2D eigenvalue weighted by Gasteiger charge is 2.18. The van der Waals surface area contributed by atoms with Crippen LogP contribution in [0.4, 0.5) is 11.8 Å². The highest BCUT2D eigenvalue weighted by Crippen LogP contribution is 2.21. The molecule has 17 heavy (non-hydrogen) atoms. The number of nitrogens with two attached hydrogens (primary N) is 1. The van der Waals surface area contributed by atoms with Crippen molar-refractivity contribution in [1.82, 2.24) is 15.1 Å². The molecule has 0 amide bonds. The maximum Gasteiger partial charge on any atom is 0.278 e. The predicted molar refractivity (Wildman–Crippen MR) is 63.4 cm³/mol. The third-order valence-corrected chi connectivity index (χ3v) is 2.79. The van der Waals surface area contributed by atoms with Crippen molar-refractivity contribution in [3.63, 3.8) is 0 Å². The van der Waals surface area contributed by atoms with Crippen LogP contribution in [0.15, 0.2) is 22.7 Å². The number of hydrogen-bond acceptors (Lipinski definition) is 6. The minimum atomic E-state index is 0.416. The summed E-state index contributed by atoms with van der Waals surface area (Å²) in [6, 6.07) is 5.34. The lowest BCUT2D eigenvalue weighted by molar-refractivity contribution is 0.429. The number of nitrogen functional groups attached to an aromatic ring is 1. The highest BCUT2D eigenvalue weighted by molar-refractivity contribution is 5.52. The summed E-state index contributed by atoms with van der Waals surface area (Å²) in [4.78, 5) is 10.6. The van der Waals surface area contributed by atoms with Crippen LogP contribution in [0.5, 0.6) is 0 Å². The zero-order valence-corrected chi connectivity index (χ0v) is 9.33. The maximum atomic E-state index is 5.61. The molecule has 0 aliphatic carbocycles. The van der Waals surface area contributed by atoms with E-state index in [1.165, 1.54) is 12.8 Å². The van der Waals surface area contributed by atoms with Crippen LogP contribution >= 0.6 is 0 Å². The monoisotopic (exact) mass is 231 g/mol. The van der Waals surface area contributed by atoms with Crippen LogP contribution in [0.2, 0.25) is 0 Å². The van der Waals surface area contributed by atoms with Crippen LogP contribution in [0, 0.1) is 0 Å². The maximum absolute atomic E-state index is 5.61. The number of nitrogens with zero attached hydrogens (tertiary/aromatic N) is 4. The molecule has 0 atom stereocenters. The lowest BCUT2D eigenvalue weighted by atomic mass is 10.3. The van der Waals surface area contributed by atoms with Gasteiger partial charge in [0.15, 0.2) is 0 Å². The summed E-state index contributed by atoms with van der Waals surface area (Å²) in [5, 5.41) is 3.96. The minimum Gasteiger partial charge on any atom is -0.384 e. The van der Waals surface area contributed by atoms with Crippen LogP contribution in [-0.4, -0.2) is 28.2 Å². The predicted octanol–water partition coefficient (Wildman–Crippen LogP) is 1.31. The van der Waals surface area contributed by atoms with Crippen molar-refractivity contribution < 1.29 is 4.52 Å². The van der Waals surface area contributed by atoms with Gasteiger partial charge in [-0.2, -0.15) is 4.98 Å². The molecule has 2 aromatic heterocycles. The van der Waals surface area contributed by atoms with E-state index in [1.54, 1.807) is 12.1 Å². The van der Waals surface area contributed by atoms with Gasteiger partial charge >= 0.3 is 0 Å². The van der Waals surface area contributed by atoms with E-state index in [9.17, 15) is 0 Å². The Balaban J connectivity index is 1.89. The van der Waals surface area contributed by atoms with Gasteiger partial charge in [0.25, 0.3) is 11.8 Å². The summed E-state index contributed by atoms with van der Waals surface area (Å²) in [7, 11) is 0. The van der Waals surface area contributed by atoms with Crippen molar-refractivity contribution in [2.24, 2.45) is 0 Å². The summed E-state index contributed by atoms with van der Waals surface area (Å²) >= 11 is 0. The van der Waals surface area contributed by atoms with Gasteiger partial charge in [-0.3, -0.25) is 0 Å². The normalized spacial score (nSPS) is 15.4. The molecule has 6 heteroatoms. The summed E-state index contributed by atoms with van der Waals surface area (Å²) in [5.41, 5.74) is 6.23. The second-order valence-corrected chi connectivity index (χ2v) is 4.04. The fraction of sp³-hybridized carbons (Fsp3) is 0.364. The van der Waals surface area contributed by atoms with E-state index in [1.807, 2.05) is 6.07 Å². The molecule has 3 heterocycles. The molecule has 0 spiro atoms. The molecule has 0 aromatic carbocycles. The van der Waals surface area contributed by atoms with Gasteiger partial charge in [0.1, 0.15) is 11.5 Å². The lowest BCUT2D eigenvalue weighted by Gasteiger charge is -2.09. The molecule has 6 nitrogen and oxygen atoms in total. The third-order valence-electron chi connectivity index (χ3n) is 2.79. The number of hydrogen-bond donors (Lipinski definition) is 1. The lowest BCUT2D eigenvalue weighted by Crippen LogP contribution is -2.18. The quantitative estimate of drug-likeness (QED) is 0.839. The molecule has 0 unspecified atom stereocenters. The van der Waals surface area contributed by atoms with Crippen molar-refractivity contribution in [3.8, 4) is 11.6 Å². The zero-order valence-electron chi connectivity index (χ0n) is 9.33. The average Bonchev–Trinajstić information content (AvgIpc) is 3.00. The van der Waals surface area contributed by atoms with Crippen LogP contribution in [0.1, 0.15) is 12.8 Å². The van der Waals surface area contributed by atoms with Gasteiger partial charge in [-0.1, -0.05) is 6.07 Å². The van der Waals surface area contributed by atoms with Crippen LogP contribution < -0.4 is 10.6 Å². The largest absolute Gasteiger partial charge is 0.384 e. The summed E-state index contributed by atoms with van der Waals surface area (Å²) < 4.78 is 5.20. The van der Waals surface area contributed by atoms with E-state index >= 15 is 0 Å². The van der Waals surface area contributed by atoms with Crippen molar-refractivity contribution in [3.05, 3.63) is 18.2 Å². The number of aromatic nitrogens is 3. The fourth-order valence-corrected chi connectivity index (χ4v) is 1.94. The van der Waals surface area contributed by atoms with Gasteiger partial charge in [-0.15, -0.1) is 0 Å². The Kier molecular flexibility index (Phi) is 2.40. The van der Waals surface area contributed by atoms with E-state index in [0.29, 0.717) is 23.4 Å². The average molecular weight is 231 g/mol. The molecule has 0 saturated carbocycles. The molecule has 0 radical (unpaired) electrons. The molecule has 1 fully saturated rings. The molecular weight excluding hydrogens is 218 g/mol. The van der Waals surface area contributed by atoms with Gasteiger partial charge in [-0.25, -0.2) is 4.98 Å². The van der Waals surface area contributed by atoms with Crippen LogP contribution in [-0.2, 0) is 0 Å². The summed E-state index contributed by atoms with van der Waals surface area (Å²) in [6.45, 7) is 1.98. The van der Waals surface area contributed by atoms with E-state index < -0.39 is 0 Å². The van der Waals surface area contributed by atoms with Gasteiger partial charge in [0, 0.05) is 13.1 Å². The number of anilines is 2. The minimum absolute atomic E-state index is 0.416. The molecule has 88 valence electrons. The van der Waals surface area contributed by atoms with Gasteiger partial charge < -0.3 is 15.2 Å². The van der Waals surface area contributed by atoms with Gasteiger partial charge in [0.2, 0.25) is 0 Å². The topological polar surface area (TPSA) is 81.1 Å². The zero-order chi connectivity index (χ0) is 11.7. The number of rotatable bonds is 2. The van der Waals surface area contributed by atoms with Crippen molar-refractivity contribution in [2.45, 2.75) is 12.8 Å². The van der Waals surface area contributed by atoms with E-state index in [4.69, 9.17) is 10.3 Å². The molecule has 0 bridgehead atoms. The Bertz CT molecular complexity index is 518. The van der Waals surface area contributed by atoms with E-state index in [0.717, 1.165) is 13.1 Å². The second kappa shape index (κ2) is 4.04.